The van der Waals surface area contributed by atoms with E-state index in [9.17, 15) is 0 Å². The average Bonchev–Trinajstić information content (AvgIpc) is 2.33. The largest absolute Gasteiger partial charge is 0.260 e. The quantitative estimate of drug-likeness (QED) is 0.406. The molecule has 0 unspecified atom stereocenters. The number of pyridine rings is 1. The molecular weight excluding hydrogens is 342 g/mol. The smallest absolute Gasteiger partial charge is 0.0460 e. The summed E-state index contributed by atoms with van der Waals surface area (Å²) in [7, 11) is -0.921. The fourth-order valence-electron chi connectivity index (χ4n) is 3.95. The summed E-state index contributed by atoms with van der Waals surface area (Å²) < 4.78 is 0.212. The van der Waals surface area contributed by atoms with E-state index in [1.807, 2.05) is 0 Å². The maximum Gasteiger partial charge on any atom is 0.0460 e. The van der Waals surface area contributed by atoms with Crippen molar-refractivity contribution in [3.8, 4) is 0 Å². The third-order valence-electron chi connectivity index (χ3n) is 5.43. The molecule has 1 aromatic heterocycles. The number of aromatic nitrogens is 1. The Balaban J connectivity index is 3.06. The lowest BCUT2D eigenvalue weighted by Gasteiger charge is -2.47. The fourth-order valence-corrected chi connectivity index (χ4v) is 4.86. The number of hydrogen-bond donors (Lipinski definition) is 1. The molecule has 25 heavy (non-hydrogen) atoms. The Morgan fingerprint density at radius 3 is 1.72 bits per heavy atom. The molecule has 0 N–H and O–H groups in total. The first-order valence-electron chi connectivity index (χ1n) is 9.30. The standard InChI is InChI=1S/C22H41NS2/c1-19(2,3)15-21(6,7)18-13-12-17(14-23-18)20(4,5)16-22(8,9)25(10,11)24/h12-14,24H,15-16H2,1-11H3. The number of rotatable bonds is 6. The van der Waals surface area contributed by atoms with Gasteiger partial charge < -0.3 is 0 Å². The molecule has 0 aliphatic heterocycles. The van der Waals surface area contributed by atoms with Crippen LogP contribution in [0.15, 0.2) is 18.3 Å². The van der Waals surface area contributed by atoms with Gasteiger partial charge in [-0.1, -0.05) is 68.4 Å². The molecule has 1 rings (SSSR count). The van der Waals surface area contributed by atoms with Crippen LogP contribution in [-0.4, -0.2) is 22.2 Å². The van der Waals surface area contributed by atoms with E-state index in [0.29, 0.717) is 5.41 Å². The molecule has 0 aromatic carbocycles. The lowest BCUT2D eigenvalue weighted by molar-refractivity contribution is 0.279. The Kier molecular flexibility index (Phi) is 6.51. The highest BCUT2D eigenvalue weighted by molar-refractivity contribution is 8.87. The lowest BCUT2D eigenvalue weighted by Crippen LogP contribution is -2.34. The highest BCUT2D eigenvalue weighted by atomic mass is 33.1. The van der Waals surface area contributed by atoms with E-state index < -0.39 is 9.06 Å². The Labute approximate surface area is 163 Å². The van der Waals surface area contributed by atoms with Crippen LogP contribution in [0.5, 0.6) is 0 Å². The minimum Gasteiger partial charge on any atom is -0.260 e. The van der Waals surface area contributed by atoms with Crippen LogP contribution in [0.1, 0.15) is 86.4 Å². The topological polar surface area (TPSA) is 12.9 Å². The fraction of sp³-hybridized carbons (Fsp3) is 0.773. The zero-order valence-electron chi connectivity index (χ0n) is 18.4. The molecule has 0 spiro atoms. The molecule has 0 fully saturated rings. The third-order valence-corrected chi connectivity index (χ3v) is 9.76. The van der Waals surface area contributed by atoms with Gasteiger partial charge in [0, 0.05) is 22.1 Å². The van der Waals surface area contributed by atoms with Gasteiger partial charge in [0.1, 0.15) is 0 Å². The minimum absolute atomic E-state index is 0.0935. The molecule has 0 atom stereocenters. The van der Waals surface area contributed by atoms with Gasteiger partial charge in [-0.3, -0.25) is 4.98 Å². The summed E-state index contributed by atoms with van der Waals surface area (Å²) in [4.78, 5) is 4.88. The summed E-state index contributed by atoms with van der Waals surface area (Å²) >= 11 is 4.92. The first kappa shape index (κ1) is 22.9. The van der Waals surface area contributed by atoms with Crippen LogP contribution in [0.25, 0.3) is 0 Å². The highest BCUT2D eigenvalue weighted by Gasteiger charge is 2.37. The van der Waals surface area contributed by atoms with Gasteiger partial charge in [-0.25, -0.2) is 0 Å². The van der Waals surface area contributed by atoms with E-state index in [2.05, 4.69) is 93.2 Å². The van der Waals surface area contributed by atoms with Crippen LogP contribution >= 0.6 is 20.7 Å². The molecule has 146 valence electrons. The summed E-state index contributed by atoms with van der Waals surface area (Å²) in [6.07, 6.45) is 8.93. The average molecular weight is 384 g/mol. The predicted octanol–water partition coefficient (Wildman–Crippen LogP) is 7.15. The van der Waals surface area contributed by atoms with Crippen molar-refractivity contribution in [3.05, 3.63) is 29.6 Å². The number of hydrogen-bond acceptors (Lipinski definition) is 2. The molecular formula is C22H41NS2. The van der Waals surface area contributed by atoms with Crippen molar-refractivity contribution in [1.82, 2.24) is 4.98 Å². The molecule has 0 aliphatic carbocycles. The molecule has 1 aromatic rings. The monoisotopic (exact) mass is 383 g/mol. The second kappa shape index (κ2) is 7.11. The van der Waals surface area contributed by atoms with Gasteiger partial charge in [0.05, 0.1) is 0 Å². The minimum atomic E-state index is -0.921. The molecule has 0 aliphatic rings. The van der Waals surface area contributed by atoms with Gasteiger partial charge in [-0.05, 0) is 47.8 Å². The van der Waals surface area contributed by atoms with E-state index in [0.717, 1.165) is 12.8 Å². The third kappa shape index (κ3) is 6.20. The van der Waals surface area contributed by atoms with Gasteiger partial charge in [0.25, 0.3) is 0 Å². The molecule has 0 saturated heterocycles. The number of nitrogens with zero attached hydrogens (tertiary/aromatic N) is 1. The van der Waals surface area contributed by atoms with Crippen molar-refractivity contribution < 1.29 is 0 Å². The molecule has 0 amide bonds. The van der Waals surface area contributed by atoms with Gasteiger partial charge in [-0.15, -0.1) is 11.7 Å². The Hall–Kier alpha value is -0.150. The zero-order chi connectivity index (χ0) is 19.9. The van der Waals surface area contributed by atoms with E-state index >= 15 is 0 Å². The summed E-state index contributed by atoms with van der Waals surface area (Å²) in [5.41, 5.74) is 3.01. The summed E-state index contributed by atoms with van der Waals surface area (Å²) in [5, 5.41) is 0. The van der Waals surface area contributed by atoms with E-state index in [4.69, 9.17) is 16.6 Å². The first-order chi connectivity index (χ1) is 10.9. The van der Waals surface area contributed by atoms with Crippen molar-refractivity contribution in [2.75, 3.05) is 12.5 Å². The van der Waals surface area contributed by atoms with Crippen molar-refractivity contribution >= 4 is 20.7 Å². The Bertz CT molecular complexity index is 570. The van der Waals surface area contributed by atoms with Gasteiger partial charge >= 0.3 is 0 Å². The number of thiol groups is 1. The molecule has 0 bridgehead atoms. The molecule has 0 radical (unpaired) electrons. The van der Waals surface area contributed by atoms with Crippen molar-refractivity contribution in [1.29, 1.82) is 0 Å². The van der Waals surface area contributed by atoms with E-state index in [1.54, 1.807) is 0 Å². The summed E-state index contributed by atoms with van der Waals surface area (Å²) in [6.45, 7) is 20.9. The van der Waals surface area contributed by atoms with Crippen LogP contribution in [0.4, 0.5) is 0 Å². The zero-order valence-corrected chi connectivity index (χ0v) is 20.2. The first-order valence-corrected chi connectivity index (χ1v) is 12.8. The van der Waals surface area contributed by atoms with Crippen molar-refractivity contribution in [3.63, 3.8) is 0 Å². The van der Waals surface area contributed by atoms with Crippen LogP contribution in [0.3, 0.4) is 0 Å². The van der Waals surface area contributed by atoms with E-state index in [1.165, 1.54) is 11.3 Å². The molecule has 3 heteroatoms. The summed E-state index contributed by atoms with van der Waals surface area (Å²) in [5.74, 6) is 0. The van der Waals surface area contributed by atoms with Gasteiger partial charge in [0.15, 0.2) is 0 Å². The maximum atomic E-state index is 4.92. The lowest BCUT2D eigenvalue weighted by atomic mass is 9.73. The second-order valence-electron chi connectivity index (χ2n) is 11.1. The molecule has 1 nitrogen and oxygen atoms in total. The van der Waals surface area contributed by atoms with Crippen molar-refractivity contribution in [2.24, 2.45) is 5.41 Å². The Morgan fingerprint density at radius 2 is 1.36 bits per heavy atom. The Morgan fingerprint density at radius 1 is 0.840 bits per heavy atom. The molecule has 1 heterocycles. The highest BCUT2D eigenvalue weighted by Crippen LogP contribution is 2.60. The normalized spacial score (nSPS) is 15.4. The van der Waals surface area contributed by atoms with Crippen LogP contribution in [0, 0.1) is 5.41 Å². The van der Waals surface area contributed by atoms with Crippen LogP contribution in [-0.2, 0) is 10.8 Å². The summed E-state index contributed by atoms with van der Waals surface area (Å²) in [6, 6.07) is 4.54. The van der Waals surface area contributed by atoms with Crippen LogP contribution in [0.2, 0.25) is 0 Å². The van der Waals surface area contributed by atoms with Crippen LogP contribution < -0.4 is 0 Å². The SMILES string of the molecule is CC(C)(C)CC(C)(C)c1ccc(C(C)(C)CC(C)(C)S(C)(C)S)cn1. The maximum absolute atomic E-state index is 4.92. The second-order valence-corrected chi connectivity index (χ2v) is 17.5. The molecule has 0 saturated carbocycles. The van der Waals surface area contributed by atoms with E-state index in [-0.39, 0.29) is 15.6 Å². The van der Waals surface area contributed by atoms with Gasteiger partial charge in [-0.2, -0.15) is 9.06 Å². The van der Waals surface area contributed by atoms with Gasteiger partial charge in [0.2, 0.25) is 0 Å². The van der Waals surface area contributed by atoms with Crippen molar-refractivity contribution in [2.45, 2.75) is 90.7 Å². The predicted molar refractivity (Wildman–Crippen MR) is 121 cm³/mol.